The maximum Gasteiger partial charge on any atom is 0.305 e. The first-order chi connectivity index (χ1) is 19.3. The van der Waals surface area contributed by atoms with E-state index < -0.39 is 5.97 Å². The first-order valence-electron chi connectivity index (χ1n) is 13.5. The zero-order chi connectivity index (χ0) is 28.6. The summed E-state index contributed by atoms with van der Waals surface area (Å²) >= 11 is 6.30. The number of carboxylic acid groups (broad SMARTS) is 1. The molecule has 0 fully saturated rings. The van der Waals surface area contributed by atoms with Gasteiger partial charge in [0.05, 0.1) is 17.6 Å². The van der Waals surface area contributed by atoms with E-state index in [1.165, 1.54) is 0 Å². The summed E-state index contributed by atoms with van der Waals surface area (Å²) in [5.74, 6) is -1.48. The van der Waals surface area contributed by atoms with Gasteiger partial charge in [-0.15, -0.1) is 0 Å². The molecule has 1 atom stereocenters. The number of amides is 1. The van der Waals surface area contributed by atoms with Crippen LogP contribution in [-0.4, -0.2) is 33.9 Å². The van der Waals surface area contributed by atoms with Crippen LogP contribution in [0.5, 0.6) is 0 Å². The zero-order valence-corrected chi connectivity index (χ0v) is 23.4. The van der Waals surface area contributed by atoms with Crippen molar-refractivity contribution < 1.29 is 19.5 Å². The Hall–Kier alpha value is -4.16. The molecule has 1 aromatic heterocycles. The lowest BCUT2D eigenvalue weighted by Crippen LogP contribution is -2.26. The SMILES string of the molecule is C/C=C/c1ccc(-n2c(C(=O)C(CCC)Cc3ccc(C(=O)NCCC(=O)O)cc3)cc3cc(Cl)ccc32)cc1. The predicted molar refractivity (Wildman–Crippen MR) is 160 cm³/mol. The van der Waals surface area contributed by atoms with Gasteiger partial charge in [0.1, 0.15) is 0 Å². The van der Waals surface area contributed by atoms with E-state index in [9.17, 15) is 14.4 Å². The van der Waals surface area contributed by atoms with Gasteiger partial charge in [-0.3, -0.25) is 14.4 Å². The molecule has 4 aromatic rings. The molecule has 206 valence electrons. The standard InChI is InChI=1S/C33H33ClN2O4/c1-3-5-22-9-14-28(15-10-22)36-29-16-13-27(34)20-26(29)21-30(36)32(39)25(6-4-2)19-23-7-11-24(12-8-23)33(40)35-18-17-31(37)38/h3,5,7-16,20-21,25H,4,6,17-19H2,1-2H3,(H,35,40)(H,37,38)/b5-3+. The van der Waals surface area contributed by atoms with E-state index >= 15 is 0 Å². The molecule has 0 aliphatic heterocycles. The zero-order valence-electron chi connectivity index (χ0n) is 22.7. The molecule has 3 aromatic carbocycles. The van der Waals surface area contributed by atoms with Crippen molar-refractivity contribution in [3.63, 3.8) is 0 Å². The number of nitrogens with zero attached hydrogens (tertiary/aromatic N) is 1. The minimum Gasteiger partial charge on any atom is -0.481 e. The van der Waals surface area contributed by atoms with Crippen LogP contribution in [-0.2, 0) is 11.2 Å². The Bertz CT molecular complexity index is 1540. The number of hydrogen-bond donors (Lipinski definition) is 2. The van der Waals surface area contributed by atoms with Gasteiger partial charge in [0.25, 0.3) is 5.91 Å². The number of halogens is 1. The van der Waals surface area contributed by atoms with Crippen molar-refractivity contribution in [1.29, 1.82) is 0 Å². The summed E-state index contributed by atoms with van der Waals surface area (Å²) in [5.41, 5.74) is 4.93. The minimum atomic E-state index is -0.963. The number of Topliss-reactive ketones (excluding diaryl/α,β-unsaturated/α-hetero) is 1. The first-order valence-corrected chi connectivity index (χ1v) is 13.9. The van der Waals surface area contributed by atoms with Crippen LogP contribution in [0, 0.1) is 5.92 Å². The second-order valence-corrected chi connectivity index (χ2v) is 10.2. The number of nitrogens with one attached hydrogen (secondary N) is 1. The molecule has 6 nitrogen and oxygen atoms in total. The molecule has 0 aliphatic rings. The molecule has 1 heterocycles. The Morgan fingerprint density at radius 1 is 1.00 bits per heavy atom. The number of rotatable bonds is 12. The quantitative estimate of drug-likeness (QED) is 0.178. The lowest BCUT2D eigenvalue weighted by Gasteiger charge is -2.18. The lowest BCUT2D eigenvalue weighted by atomic mass is 9.89. The van der Waals surface area contributed by atoms with Crippen LogP contribution in [0.4, 0.5) is 0 Å². The first kappa shape index (κ1) is 28.8. The Morgan fingerprint density at radius 2 is 1.73 bits per heavy atom. The third-order valence-electron chi connectivity index (χ3n) is 6.86. The molecule has 0 saturated carbocycles. The van der Waals surface area contributed by atoms with E-state index in [0.29, 0.717) is 22.7 Å². The predicted octanol–water partition coefficient (Wildman–Crippen LogP) is 7.36. The highest BCUT2D eigenvalue weighted by atomic mass is 35.5. The highest BCUT2D eigenvalue weighted by molar-refractivity contribution is 6.31. The summed E-state index contributed by atoms with van der Waals surface area (Å²) in [5, 5.41) is 12.9. The van der Waals surface area contributed by atoms with Gasteiger partial charge in [-0.2, -0.15) is 0 Å². The average molecular weight is 557 g/mol. The molecule has 1 unspecified atom stereocenters. The van der Waals surface area contributed by atoms with E-state index in [4.69, 9.17) is 16.7 Å². The normalized spacial score (nSPS) is 12.1. The van der Waals surface area contributed by atoms with Crippen molar-refractivity contribution in [2.75, 3.05) is 6.54 Å². The number of aromatic nitrogens is 1. The number of allylic oxidation sites excluding steroid dienone is 1. The van der Waals surface area contributed by atoms with Crippen LogP contribution in [0.1, 0.15) is 65.1 Å². The summed E-state index contributed by atoms with van der Waals surface area (Å²) in [4.78, 5) is 37.1. The number of benzene rings is 3. The average Bonchev–Trinajstić information content (AvgIpc) is 3.31. The Labute approximate surface area is 239 Å². The fourth-order valence-electron chi connectivity index (χ4n) is 4.92. The summed E-state index contributed by atoms with van der Waals surface area (Å²) in [6, 6.07) is 22.9. The summed E-state index contributed by atoms with van der Waals surface area (Å²) < 4.78 is 2.01. The number of hydrogen-bond acceptors (Lipinski definition) is 3. The van der Waals surface area contributed by atoms with Gasteiger partial charge >= 0.3 is 5.97 Å². The van der Waals surface area contributed by atoms with Crippen molar-refractivity contribution in [2.24, 2.45) is 5.92 Å². The highest BCUT2D eigenvalue weighted by Crippen LogP contribution is 2.30. The van der Waals surface area contributed by atoms with Gasteiger partial charge in [0.2, 0.25) is 0 Å². The van der Waals surface area contributed by atoms with Crippen LogP contribution < -0.4 is 5.32 Å². The maximum atomic E-state index is 14.1. The molecule has 7 heteroatoms. The molecular weight excluding hydrogens is 524 g/mol. The van der Waals surface area contributed by atoms with Gasteiger partial charge in [-0.1, -0.05) is 61.4 Å². The Morgan fingerprint density at radius 3 is 2.38 bits per heavy atom. The maximum absolute atomic E-state index is 14.1. The van der Waals surface area contributed by atoms with Gasteiger partial charge < -0.3 is 15.0 Å². The number of carbonyl (C=O) groups excluding carboxylic acids is 2. The van der Waals surface area contributed by atoms with Gasteiger partial charge in [0.15, 0.2) is 5.78 Å². The molecule has 40 heavy (non-hydrogen) atoms. The van der Waals surface area contributed by atoms with Crippen molar-refractivity contribution >= 4 is 46.2 Å². The molecule has 2 N–H and O–H groups in total. The molecule has 1 amide bonds. The second kappa shape index (κ2) is 13.3. The molecule has 0 radical (unpaired) electrons. The highest BCUT2D eigenvalue weighted by Gasteiger charge is 2.25. The molecule has 0 spiro atoms. The molecular formula is C33H33ClN2O4. The minimum absolute atomic E-state index is 0.0576. The molecule has 0 bridgehead atoms. The smallest absolute Gasteiger partial charge is 0.305 e. The largest absolute Gasteiger partial charge is 0.481 e. The Balaban J connectivity index is 1.62. The van der Waals surface area contributed by atoms with Crippen molar-refractivity contribution in [1.82, 2.24) is 9.88 Å². The lowest BCUT2D eigenvalue weighted by molar-refractivity contribution is -0.136. The summed E-state index contributed by atoms with van der Waals surface area (Å²) in [6.45, 7) is 4.12. The van der Waals surface area contributed by atoms with Crippen LogP contribution in [0.15, 0.2) is 78.9 Å². The van der Waals surface area contributed by atoms with E-state index in [2.05, 4.69) is 12.2 Å². The molecule has 0 saturated heterocycles. The topological polar surface area (TPSA) is 88.4 Å². The van der Waals surface area contributed by atoms with Crippen molar-refractivity contribution in [2.45, 2.75) is 39.5 Å². The van der Waals surface area contributed by atoms with E-state index in [1.807, 2.05) is 84.3 Å². The number of fused-ring (bicyclic) bond motifs is 1. The van der Waals surface area contributed by atoms with E-state index in [-0.39, 0.29) is 30.6 Å². The van der Waals surface area contributed by atoms with Crippen LogP contribution in [0.25, 0.3) is 22.7 Å². The third kappa shape index (κ3) is 6.88. The number of aliphatic carboxylic acids is 1. The third-order valence-corrected chi connectivity index (χ3v) is 7.09. The Kier molecular flexibility index (Phi) is 9.56. The van der Waals surface area contributed by atoms with Crippen molar-refractivity contribution in [3.05, 3.63) is 106 Å². The number of ketones is 1. The fraction of sp³-hybridized carbons (Fsp3) is 0.242. The van der Waals surface area contributed by atoms with Gasteiger partial charge in [-0.05, 0) is 79.4 Å². The van der Waals surface area contributed by atoms with Crippen LogP contribution in [0.3, 0.4) is 0 Å². The van der Waals surface area contributed by atoms with Crippen LogP contribution in [0.2, 0.25) is 5.02 Å². The molecule has 0 aliphatic carbocycles. The van der Waals surface area contributed by atoms with Gasteiger partial charge in [-0.25, -0.2) is 0 Å². The van der Waals surface area contributed by atoms with Gasteiger partial charge in [0, 0.05) is 34.1 Å². The number of carboxylic acids is 1. The van der Waals surface area contributed by atoms with Crippen molar-refractivity contribution in [3.8, 4) is 5.69 Å². The molecule has 4 rings (SSSR count). The van der Waals surface area contributed by atoms with E-state index in [0.717, 1.165) is 40.6 Å². The summed E-state index contributed by atoms with van der Waals surface area (Å²) in [6.07, 6.45) is 6.00. The second-order valence-electron chi connectivity index (χ2n) is 9.81. The van der Waals surface area contributed by atoms with E-state index in [1.54, 1.807) is 12.1 Å². The number of carbonyl (C=O) groups is 3. The van der Waals surface area contributed by atoms with Crippen LogP contribution >= 0.6 is 11.6 Å². The monoisotopic (exact) mass is 556 g/mol. The fourth-order valence-corrected chi connectivity index (χ4v) is 5.10. The summed E-state index contributed by atoms with van der Waals surface area (Å²) in [7, 11) is 0.